The number of rotatable bonds is 3. The van der Waals surface area contributed by atoms with Crippen LogP contribution in [-0.4, -0.2) is 19.0 Å². The lowest BCUT2D eigenvalue weighted by molar-refractivity contribution is -0.265. The van der Waals surface area contributed by atoms with Gasteiger partial charge in [-0.05, 0) is 37.5 Å². The van der Waals surface area contributed by atoms with Crippen molar-refractivity contribution < 1.29 is 9.47 Å². The highest BCUT2D eigenvalue weighted by molar-refractivity contribution is 4.80. The Hall–Kier alpha value is -0.520. The van der Waals surface area contributed by atoms with Gasteiger partial charge in [0.1, 0.15) is 0 Å². The Balaban J connectivity index is 0.00000154. The van der Waals surface area contributed by atoms with E-state index in [0.29, 0.717) is 16.7 Å². The molecule has 0 N–H and O–H groups in total. The SMILES string of the molecule is C#C.CC(C)(C)CC(C)(C)CC1COC(C)(C)OC1. The molecule has 1 saturated heterocycles. The topological polar surface area (TPSA) is 18.5 Å². The molecule has 0 amide bonds. The van der Waals surface area contributed by atoms with Crippen LogP contribution in [0.15, 0.2) is 0 Å². The van der Waals surface area contributed by atoms with Crippen molar-refractivity contribution in [1.82, 2.24) is 0 Å². The van der Waals surface area contributed by atoms with E-state index in [0.717, 1.165) is 13.2 Å². The molecule has 1 rings (SSSR count). The lowest BCUT2D eigenvalue weighted by Crippen LogP contribution is -2.41. The monoisotopic (exact) mass is 268 g/mol. The zero-order valence-electron chi connectivity index (χ0n) is 13.9. The molecule has 1 aliphatic heterocycles. The quantitative estimate of drug-likeness (QED) is 0.702. The second-order valence-corrected chi connectivity index (χ2v) is 7.99. The maximum Gasteiger partial charge on any atom is 0.162 e. The summed E-state index contributed by atoms with van der Waals surface area (Å²) in [5, 5.41) is 0. The van der Waals surface area contributed by atoms with Crippen LogP contribution in [0.2, 0.25) is 0 Å². The summed E-state index contributed by atoms with van der Waals surface area (Å²) in [6, 6.07) is 0. The highest BCUT2D eigenvalue weighted by Gasteiger charge is 2.33. The summed E-state index contributed by atoms with van der Waals surface area (Å²) < 4.78 is 11.5. The Morgan fingerprint density at radius 1 is 1.00 bits per heavy atom. The first-order valence-electron chi connectivity index (χ1n) is 7.10. The Labute approximate surface area is 120 Å². The highest BCUT2D eigenvalue weighted by atomic mass is 16.7. The predicted octanol–water partition coefficient (Wildman–Crippen LogP) is 4.49. The molecule has 0 spiro atoms. The van der Waals surface area contributed by atoms with Crippen LogP contribution in [-0.2, 0) is 9.47 Å². The Morgan fingerprint density at radius 3 is 1.79 bits per heavy atom. The fraction of sp³-hybridized carbons (Fsp3) is 0.882. The fourth-order valence-electron chi connectivity index (χ4n) is 3.13. The van der Waals surface area contributed by atoms with Gasteiger partial charge in [0.15, 0.2) is 5.79 Å². The molecule has 0 unspecified atom stereocenters. The summed E-state index contributed by atoms with van der Waals surface area (Å²) in [5.74, 6) is 0.158. The van der Waals surface area contributed by atoms with E-state index < -0.39 is 0 Å². The normalized spacial score (nSPS) is 20.5. The van der Waals surface area contributed by atoms with Gasteiger partial charge in [-0.2, -0.15) is 0 Å². The van der Waals surface area contributed by atoms with Crippen molar-refractivity contribution >= 4 is 0 Å². The van der Waals surface area contributed by atoms with Crippen LogP contribution in [0.1, 0.15) is 61.3 Å². The molecule has 0 aromatic heterocycles. The molecule has 0 aliphatic carbocycles. The van der Waals surface area contributed by atoms with Crippen LogP contribution in [0.4, 0.5) is 0 Å². The molecule has 0 aromatic rings. The Morgan fingerprint density at radius 2 is 1.42 bits per heavy atom. The van der Waals surface area contributed by atoms with E-state index in [9.17, 15) is 0 Å². The summed E-state index contributed by atoms with van der Waals surface area (Å²) in [6.07, 6.45) is 10.4. The first-order chi connectivity index (χ1) is 8.49. The summed E-state index contributed by atoms with van der Waals surface area (Å²) in [6.45, 7) is 17.3. The average Bonchev–Trinajstić information content (AvgIpc) is 2.20. The lowest BCUT2D eigenvalue weighted by atomic mass is 9.72. The van der Waals surface area contributed by atoms with Crippen molar-refractivity contribution in [3.63, 3.8) is 0 Å². The molecule has 112 valence electrons. The summed E-state index contributed by atoms with van der Waals surface area (Å²) >= 11 is 0. The third kappa shape index (κ3) is 8.29. The minimum absolute atomic E-state index is 0.358. The van der Waals surface area contributed by atoms with Crippen LogP contribution >= 0.6 is 0 Å². The van der Waals surface area contributed by atoms with Crippen LogP contribution in [0.5, 0.6) is 0 Å². The first-order valence-corrected chi connectivity index (χ1v) is 7.10. The molecule has 2 nitrogen and oxygen atoms in total. The van der Waals surface area contributed by atoms with Gasteiger partial charge in [-0.1, -0.05) is 34.6 Å². The number of hydrogen-bond donors (Lipinski definition) is 0. The largest absolute Gasteiger partial charge is 0.350 e. The maximum absolute atomic E-state index is 5.73. The van der Waals surface area contributed by atoms with E-state index in [4.69, 9.17) is 9.47 Å². The first kappa shape index (κ1) is 18.5. The zero-order valence-corrected chi connectivity index (χ0v) is 13.9. The van der Waals surface area contributed by atoms with E-state index in [1.807, 2.05) is 13.8 Å². The molecule has 0 atom stereocenters. The average molecular weight is 268 g/mol. The van der Waals surface area contributed by atoms with Gasteiger partial charge in [-0.15, -0.1) is 12.8 Å². The van der Waals surface area contributed by atoms with Gasteiger partial charge in [0.25, 0.3) is 0 Å². The summed E-state index contributed by atoms with van der Waals surface area (Å²) in [5.41, 5.74) is 0.746. The van der Waals surface area contributed by atoms with E-state index in [1.54, 1.807) is 0 Å². The minimum Gasteiger partial charge on any atom is -0.350 e. The van der Waals surface area contributed by atoms with E-state index in [2.05, 4.69) is 47.5 Å². The van der Waals surface area contributed by atoms with Crippen molar-refractivity contribution in [3.8, 4) is 12.8 Å². The van der Waals surface area contributed by atoms with Gasteiger partial charge in [0.05, 0.1) is 13.2 Å². The second kappa shape index (κ2) is 6.77. The molecule has 2 heteroatoms. The molecule has 0 radical (unpaired) electrons. The van der Waals surface area contributed by atoms with Crippen molar-refractivity contribution in [1.29, 1.82) is 0 Å². The molecule has 1 fully saturated rings. The van der Waals surface area contributed by atoms with Crippen molar-refractivity contribution in [2.24, 2.45) is 16.7 Å². The summed E-state index contributed by atoms with van der Waals surface area (Å²) in [7, 11) is 0. The van der Waals surface area contributed by atoms with Gasteiger partial charge in [0.2, 0.25) is 0 Å². The van der Waals surface area contributed by atoms with Crippen LogP contribution in [0.25, 0.3) is 0 Å². The van der Waals surface area contributed by atoms with Crippen LogP contribution in [0.3, 0.4) is 0 Å². The molecule has 0 saturated carbocycles. The van der Waals surface area contributed by atoms with Crippen molar-refractivity contribution in [2.45, 2.75) is 67.1 Å². The molecular formula is C17H32O2. The Bertz CT molecular complexity index is 271. The summed E-state index contributed by atoms with van der Waals surface area (Å²) in [4.78, 5) is 0. The van der Waals surface area contributed by atoms with Crippen LogP contribution < -0.4 is 0 Å². The van der Waals surface area contributed by atoms with Gasteiger partial charge in [0, 0.05) is 5.92 Å². The maximum atomic E-state index is 5.73. The fourth-order valence-corrected chi connectivity index (χ4v) is 3.13. The molecule has 1 aliphatic rings. The van der Waals surface area contributed by atoms with Gasteiger partial charge >= 0.3 is 0 Å². The Kier molecular flexibility index (Phi) is 6.59. The van der Waals surface area contributed by atoms with Gasteiger partial charge in [-0.25, -0.2) is 0 Å². The number of hydrogen-bond acceptors (Lipinski definition) is 2. The predicted molar refractivity (Wildman–Crippen MR) is 81.8 cm³/mol. The molecule has 0 aromatic carbocycles. The molecular weight excluding hydrogens is 236 g/mol. The van der Waals surface area contributed by atoms with E-state index in [1.165, 1.54) is 12.8 Å². The third-order valence-electron chi connectivity index (χ3n) is 3.18. The smallest absolute Gasteiger partial charge is 0.162 e. The number of terminal acetylenes is 1. The van der Waals surface area contributed by atoms with Crippen molar-refractivity contribution in [2.75, 3.05) is 13.2 Å². The van der Waals surface area contributed by atoms with Gasteiger partial charge < -0.3 is 9.47 Å². The molecule has 19 heavy (non-hydrogen) atoms. The van der Waals surface area contributed by atoms with Crippen molar-refractivity contribution in [3.05, 3.63) is 0 Å². The number of ether oxygens (including phenoxy) is 2. The standard InChI is InChI=1S/C15H30O2.C2H2/c1-13(2,3)11-14(4,5)8-12-9-16-15(6,7)17-10-12;1-2/h12H,8-11H2,1-7H3;1-2H. The lowest BCUT2D eigenvalue weighted by Gasteiger charge is -2.40. The second-order valence-electron chi connectivity index (χ2n) is 7.99. The van der Waals surface area contributed by atoms with Gasteiger partial charge in [-0.3, -0.25) is 0 Å². The third-order valence-corrected chi connectivity index (χ3v) is 3.18. The molecule has 1 heterocycles. The zero-order chi connectivity index (χ0) is 15.3. The highest BCUT2D eigenvalue weighted by Crippen LogP contribution is 2.39. The van der Waals surface area contributed by atoms with Crippen LogP contribution in [0, 0.1) is 29.6 Å². The molecule has 0 bridgehead atoms. The minimum atomic E-state index is -0.384. The van der Waals surface area contributed by atoms with E-state index in [-0.39, 0.29) is 5.79 Å². The van der Waals surface area contributed by atoms with E-state index >= 15 is 0 Å².